The molecule has 1 heterocycles. The van der Waals surface area contributed by atoms with Crippen molar-refractivity contribution >= 4 is 32.9 Å². The van der Waals surface area contributed by atoms with Gasteiger partial charge < -0.3 is 10.1 Å². The second kappa shape index (κ2) is 7.34. The fraction of sp³-hybridized carbons (Fsp3) is 0.500. The van der Waals surface area contributed by atoms with Crippen LogP contribution in [0.1, 0.15) is 6.42 Å². The molecule has 0 spiro atoms. The Labute approximate surface area is 149 Å². The van der Waals surface area contributed by atoms with Crippen LogP contribution in [-0.4, -0.2) is 61.6 Å². The predicted octanol–water partition coefficient (Wildman–Crippen LogP) is 2.25. The summed E-state index contributed by atoms with van der Waals surface area (Å²) >= 11 is 5.33. The van der Waals surface area contributed by atoms with E-state index in [-0.39, 0.29) is 28.4 Å². The summed E-state index contributed by atoms with van der Waals surface area (Å²) in [4.78, 5) is 0. The number of hydrogen-bond donors (Lipinski definition) is 1. The molecule has 140 valence electrons. The van der Waals surface area contributed by atoms with Gasteiger partial charge in [0.25, 0.3) is 0 Å². The summed E-state index contributed by atoms with van der Waals surface area (Å²) in [5.74, 6) is -0.227. The summed E-state index contributed by atoms with van der Waals surface area (Å²) in [6, 6.07) is 4.84. The van der Waals surface area contributed by atoms with Gasteiger partial charge in [-0.05, 0) is 42.9 Å². The van der Waals surface area contributed by atoms with Crippen LogP contribution in [0.3, 0.4) is 0 Å². The van der Waals surface area contributed by atoms with E-state index in [1.165, 1.54) is 24.3 Å². The lowest BCUT2D eigenvalue weighted by atomic mass is 10.2. The molecule has 0 amide bonds. The number of thiocarbonyl (C=S) groups is 1. The van der Waals surface area contributed by atoms with Crippen LogP contribution >= 0.6 is 12.2 Å². The van der Waals surface area contributed by atoms with Crippen molar-refractivity contribution in [2.45, 2.75) is 18.8 Å². The van der Waals surface area contributed by atoms with Crippen molar-refractivity contribution in [2.24, 2.45) is 0 Å². The molecule has 6 nitrogen and oxygen atoms in total. The quantitative estimate of drug-likeness (QED) is 0.618. The fourth-order valence-electron chi connectivity index (χ4n) is 2.56. The van der Waals surface area contributed by atoms with Crippen LogP contribution in [0.2, 0.25) is 0 Å². The molecule has 0 aliphatic carbocycles. The summed E-state index contributed by atoms with van der Waals surface area (Å²) in [5, 5.41) is 6.50. The minimum absolute atomic E-state index is 0.00532. The number of nitrogens with one attached hydrogen (secondary N) is 1. The van der Waals surface area contributed by atoms with E-state index >= 15 is 0 Å². The lowest BCUT2D eigenvalue weighted by Crippen LogP contribution is -2.51. The van der Waals surface area contributed by atoms with E-state index in [0.717, 1.165) is 0 Å². The standard InChI is InChI=1S/C14H18F3N3O3S2/c1-19(2)20(11-7-8-25(21,22)9-11)13(24)18-10-3-5-12(6-4-10)23-14(15,16)17/h3-6,11H,7-9H2,1-2H3,(H,18,24)/t11-/m1/s1. The average Bonchev–Trinajstić information content (AvgIpc) is 2.79. The number of rotatable bonds is 4. The Balaban J connectivity index is 2.06. The Kier molecular flexibility index (Phi) is 5.79. The summed E-state index contributed by atoms with van der Waals surface area (Å²) in [6.45, 7) is 0. The SMILES string of the molecule is CN(C)N(C(=S)Nc1ccc(OC(F)(F)F)cc1)[C@@H]1CCS(=O)(=O)C1. The molecule has 1 N–H and O–H groups in total. The molecule has 11 heteroatoms. The highest BCUT2D eigenvalue weighted by atomic mass is 32.2. The Morgan fingerprint density at radius 1 is 1.28 bits per heavy atom. The average molecular weight is 397 g/mol. The minimum Gasteiger partial charge on any atom is -0.406 e. The van der Waals surface area contributed by atoms with Gasteiger partial charge in [-0.1, -0.05) is 0 Å². The van der Waals surface area contributed by atoms with Crippen LogP contribution in [0.25, 0.3) is 0 Å². The van der Waals surface area contributed by atoms with Crippen molar-refractivity contribution in [1.82, 2.24) is 10.0 Å². The van der Waals surface area contributed by atoms with Gasteiger partial charge in [0.05, 0.1) is 17.5 Å². The van der Waals surface area contributed by atoms with Gasteiger partial charge in [-0.3, -0.25) is 5.01 Å². The molecule has 1 aromatic rings. The van der Waals surface area contributed by atoms with Crippen LogP contribution in [0, 0.1) is 0 Å². The molecule has 25 heavy (non-hydrogen) atoms. The van der Waals surface area contributed by atoms with Crippen LogP contribution < -0.4 is 10.1 Å². The monoisotopic (exact) mass is 397 g/mol. The number of benzene rings is 1. The first-order chi connectivity index (χ1) is 11.5. The smallest absolute Gasteiger partial charge is 0.406 e. The van der Waals surface area contributed by atoms with E-state index in [1.807, 2.05) is 0 Å². The molecule has 0 radical (unpaired) electrons. The van der Waals surface area contributed by atoms with Crippen LogP contribution in [0.4, 0.5) is 18.9 Å². The first kappa shape index (κ1) is 19.7. The Bertz CT molecular complexity index is 721. The van der Waals surface area contributed by atoms with Crippen LogP contribution in [0.5, 0.6) is 5.75 Å². The fourth-order valence-corrected chi connectivity index (χ4v) is 4.69. The summed E-state index contributed by atoms with van der Waals surface area (Å²) in [7, 11) is 0.388. The Morgan fingerprint density at radius 2 is 1.88 bits per heavy atom. The van der Waals surface area contributed by atoms with E-state index in [0.29, 0.717) is 12.1 Å². The van der Waals surface area contributed by atoms with E-state index in [9.17, 15) is 21.6 Å². The van der Waals surface area contributed by atoms with Gasteiger partial charge in [0, 0.05) is 19.8 Å². The summed E-state index contributed by atoms with van der Waals surface area (Å²) in [5.41, 5.74) is 0.465. The number of hydrogen-bond acceptors (Lipinski definition) is 5. The van der Waals surface area contributed by atoms with Crippen LogP contribution in [-0.2, 0) is 9.84 Å². The largest absolute Gasteiger partial charge is 0.573 e. The summed E-state index contributed by atoms with van der Waals surface area (Å²) < 4.78 is 63.7. The third-order valence-electron chi connectivity index (χ3n) is 3.53. The molecular formula is C14H18F3N3O3S2. The van der Waals surface area contributed by atoms with Gasteiger partial charge in [-0.15, -0.1) is 13.2 Å². The number of ether oxygens (including phenoxy) is 1. The second-order valence-electron chi connectivity index (χ2n) is 5.75. The van der Waals surface area contributed by atoms with Gasteiger partial charge in [0.2, 0.25) is 0 Å². The molecule has 0 aromatic heterocycles. The van der Waals surface area contributed by atoms with Crippen molar-refractivity contribution in [1.29, 1.82) is 0 Å². The van der Waals surface area contributed by atoms with E-state index in [4.69, 9.17) is 12.2 Å². The van der Waals surface area contributed by atoms with Crippen molar-refractivity contribution in [3.63, 3.8) is 0 Å². The molecule has 0 saturated carbocycles. The number of hydrazine groups is 1. The van der Waals surface area contributed by atoms with Crippen molar-refractivity contribution in [3.8, 4) is 5.75 Å². The van der Waals surface area contributed by atoms with Gasteiger partial charge in [-0.2, -0.15) is 0 Å². The minimum atomic E-state index is -4.75. The molecule has 1 fully saturated rings. The lowest BCUT2D eigenvalue weighted by molar-refractivity contribution is -0.274. The maximum atomic E-state index is 12.2. The second-order valence-corrected chi connectivity index (χ2v) is 8.37. The van der Waals surface area contributed by atoms with Crippen LogP contribution in [0.15, 0.2) is 24.3 Å². The maximum Gasteiger partial charge on any atom is 0.573 e. The number of sulfone groups is 1. The first-order valence-electron chi connectivity index (χ1n) is 7.30. The zero-order valence-corrected chi connectivity index (χ0v) is 15.2. The summed E-state index contributed by atoms with van der Waals surface area (Å²) in [6.07, 6.45) is -4.29. The first-order valence-corrected chi connectivity index (χ1v) is 9.53. The maximum absolute atomic E-state index is 12.2. The number of alkyl halides is 3. The van der Waals surface area contributed by atoms with Gasteiger partial charge in [-0.25, -0.2) is 13.4 Å². The van der Waals surface area contributed by atoms with E-state index < -0.39 is 16.2 Å². The van der Waals surface area contributed by atoms with Gasteiger partial charge >= 0.3 is 6.36 Å². The molecule has 1 aliphatic heterocycles. The normalized spacial score (nSPS) is 19.7. The molecule has 0 bridgehead atoms. The van der Waals surface area contributed by atoms with Crippen molar-refractivity contribution in [2.75, 3.05) is 30.9 Å². The predicted molar refractivity (Wildman–Crippen MR) is 91.9 cm³/mol. The Morgan fingerprint density at radius 3 is 2.32 bits per heavy atom. The zero-order valence-electron chi connectivity index (χ0n) is 13.6. The molecule has 2 rings (SSSR count). The highest BCUT2D eigenvalue weighted by Crippen LogP contribution is 2.25. The highest BCUT2D eigenvalue weighted by molar-refractivity contribution is 7.91. The molecule has 1 atom stereocenters. The molecular weight excluding hydrogens is 379 g/mol. The lowest BCUT2D eigenvalue weighted by Gasteiger charge is -2.36. The van der Waals surface area contributed by atoms with Crippen molar-refractivity contribution < 1.29 is 26.3 Å². The number of halogens is 3. The molecule has 0 unspecified atom stereocenters. The molecule has 1 saturated heterocycles. The topological polar surface area (TPSA) is 61.9 Å². The van der Waals surface area contributed by atoms with Crippen molar-refractivity contribution in [3.05, 3.63) is 24.3 Å². The Hall–Kier alpha value is -1.59. The third kappa shape index (κ3) is 5.72. The highest BCUT2D eigenvalue weighted by Gasteiger charge is 2.35. The zero-order chi connectivity index (χ0) is 18.8. The molecule has 1 aromatic carbocycles. The van der Waals surface area contributed by atoms with Gasteiger partial charge in [0.15, 0.2) is 14.9 Å². The number of nitrogens with zero attached hydrogens (tertiary/aromatic N) is 2. The number of anilines is 1. The van der Waals surface area contributed by atoms with E-state index in [2.05, 4.69) is 10.1 Å². The van der Waals surface area contributed by atoms with E-state index in [1.54, 1.807) is 24.1 Å². The third-order valence-corrected chi connectivity index (χ3v) is 5.57. The molecule has 1 aliphatic rings. The van der Waals surface area contributed by atoms with Gasteiger partial charge in [0.1, 0.15) is 5.75 Å².